The highest BCUT2D eigenvalue weighted by Gasteiger charge is 2.18. The van der Waals surface area contributed by atoms with Gasteiger partial charge in [-0.2, -0.15) is 0 Å². The first-order valence-electron chi connectivity index (χ1n) is 9.11. The number of aryl methyl sites for hydroxylation is 1. The fourth-order valence-corrected chi connectivity index (χ4v) is 3.83. The van der Waals surface area contributed by atoms with Crippen LogP contribution in [0.5, 0.6) is 0 Å². The van der Waals surface area contributed by atoms with Crippen LogP contribution in [-0.4, -0.2) is 11.4 Å². The third-order valence-electron chi connectivity index (χ3n) is 5.25. The molecule has 0 aliphatic carbocycles. The summed E-state index contributed by atoms with van der Waals surface area (Å²) in [5.74, 6) is 0. The van der Waals surface area contributed by atoms with Crippen LogP contribution in [0.25, 0.3) is 11.1 Å². The highest BCUT2D eigenvalue weighted by atomic mass is 14.8. The van der Waals surface area contributed by atoms with Crippen LogP contribution in [0.3, 0.4) is 0 Å². The van der Waals surface area contributed by atoms with Crippen LogP contribution in [0.4, 0.5) is 11.4 Å². The maximum Gasteiger partial charge on any atom is 0.0669 e. The molecule has 5 rings (SSSR count). The summed E-state index contributed by atoms with van der Waals surface area (Å²) in [6.07, 6.45) is 1.87. The Labute approximate surface area is 154 Å². The van der Waals surface area contributed by atoms with Crippen molar-refractivity contribution in [2.24, 2.45) is 9.98 Å². The SMILES string of the molecule is CC1=Nc2ccc(-c3ccc4c(c3)CC(c3ccc(C)cc3)=N4)cc2C1. The summed E-state index contributed by atoms with van der Waals surface area (Å²) in [5, 5.41) is 0. The zero-order valence-corrected chi connectivity index (χ0v) is 15.1. The number of hydrogen-bond donors (Lipinski definition) is 0. The maximum atomic E-state index is 4.85. The minimum Gasteiger partial charge on any atom is -0.257 e. The van der Waals surface area contributed by atoms with E-state index in [1.807, 2.05) is 0 Å². The van der Waals surface area contributed by atoms with Gasteiger partial charge in [-0.25, -0.2) is 0 Å². The summed E-state index contributed by atoms with van der Waals surface area (Å²) in [5.41, 5.74) is 12.3. The Kier molecular flexibility index (Phi) is 3.39. The summed E-state index contributed by atoms with van der Waals surface area (Å²) in [7, 11) is 0. The zero-order valence-electron chi connectivity index (χ0n) is 15.1. The Hall–Kier alpha value is -3.00. The van der Waals surface area contributed by atoms with Crippen LogP contribution >= 0.6 is 0 Å². The predicted octanol–water partition coefficient (Wildman–Crippen LogP) is 5.99. The molecular formula is C24H20N2. The largest absolute Gasteiger partial charge is 0.257 e. The average Bonchev–Trinajstić information content (AvgIpc) is 3.23. The molecule has 0 radical (unpaired) electrons. The maximum absolute atomic E-state index is 4.85. The smallest absolute Gasteiger partial charge is 0.0669 e. The molecule has 2 aliphatic heterocycles. The molecule has 126 valence electrons. The average molecular weight is 336 g/mol. The van der Waals surface area contributed by atoms with E-state index in [2.05, 4.69) is 79.5 Å². The Balaban J connectivity index is 1.45. The molecule has 0 saturated carbocycles. The van der Waals surface area contributed by atoms with Gasteiger partial charge >= 0.3 is 0 Å². The summed E-state index contributed by atoms with van der Waals surface area (Å²) < 4.78 is 0. The van der Waals surface area contributed by atoms with Crippen LogP contribution in [-0.2, 0) is 12.8 Å². The van der Waals surface area contributed by atoms with Crippen molar-refractivity contribution in [3.05, 3.63) is 82.9 Å². The van der Waals surface area contributed by atoms with Gasteiger partial charge in [-0.3, -0.25) is 9.98 Å². The summed E-state index contributed by atoms with van der Waals surface area (Å²) in [6.45, 7) is 4.21. The molecule has 3 aromatic carbocycles. The van der Waals surface area contributed by atoms with Crippen LogP contribution in [0.15, 0.2) is 70.6 Å². The Morgan fingerprint density at radius 2 is 1.19 bits per heavy atom. The standard InChI is InChI=1S/C24H20N2/c1-15-3-5-17(6-4-15)24-14-21-13-19(8-10-23(21)26-24)18-7-9-22-20(12-18)11-16(2)25-22/h3-10,12-13H,11,14H2,1-2H3. The van der Waals surface area contributed by atoms with Crippen LogP contribution in [0, 0.1) is 6.92 Å². The third-order valence-corrected chi connectivity index (χ3v) is 5.25. The van der Waals surface area contributed by atoms with E-state index in [9.17, 15) is 0 Å². The second kappa shape index (κ2) is 5.77. The van der Waals surface area contributed by atoms with Gasteiger partial charge in [0.25, 0.3) is 0 Å². The second-order valence-electron chi connectivity index (χ2n) is 7.31. The van der Waals surface area contributed by atoms with Gasteiger partial charge in [0.05, 0.1) is 17.1 Å². The molecule has 2 heterocycles. The highest BCUT2D eigenvalue weighted by Crippen LogP contribution is 2.35. The van der Waals surface area contributed by atoms with E-state index >= 15 is 0 Å². The topological polar surface area (TPSA) is 24.7 Å². The van der Waals surface area contributed by atoms with Crippen molar-refractivity contribution >= 4 is 22.8 Å². The van der Waals surface area contributed by atoms with E-state index in [1.54, 1.807) is 0 Å². The monoisotopic (exact) mass is 336 g/mol. The van der Waals surface area contributed by atoms with Gasteiger partial charge in [-0.15, -0.1) is 0 Å². The molecule has 0 amide bonds. The molecule has 0 N–H and O–H groups in total. The second-order valence-corrected chi connectivity index (χ2v) is 7.31. The number of hydrogen-bond acceptors (Lipinski definition) is 2. The molecule has 0 bridgehead atoms. The molecule has 2 aliphatic rings. The fraction of sp³-hybridized carbons (Fsp3) is 0.167. The molecule has 0 aromatic heterocycles. The first kappa shape index (κ1) is 15.3. The fourth-order valence-electron chi connectivity index (χ4n) is 3.83. The molecule has 0 fully saturated rings. The summed E-state index contributed by atoms with van der Waals surface area (Å²) in [4.78, 5) is 9.45. The number of rotatable bonds is 2. The first-order valence-corrected chi connectivity index (χ1v) is 9.11. The van der Waals surface area contributed by atoms with Gasteiger partial charge in [-0.05, 0) is 65.9 Å². The number of nitrogens with zero attached hydrogens (tertiary/aromatic N) is 2. The predicted molar refractivity (Wildman–Crippen MR) is 109 cm³/mol. The van der Waals surface area contributed by atoms with Gasteiger partial charge in [0, 0.05) is 18.6 Å². The van der Waals surface area contributed by atoms with E-state index in [0.717, 1.165) is 29.9 Å². The molecule has 0 spiro atoms. The van der Waals surface area contributed by atoms with Crippen molar-refractivity contribution < 1.29 is 0 Å². The quantitative estimate of drug-likeness (QED) is 0.549. The third kappa shape index (κ3) is 2.59. The van der Waals surface area contributed by atoms with Crippen molar-refractivity contribution in [1.29, 1.82) is 0 Å². The molecule has 2 heteroatoms. The van der Waals surface area contributed by atoms with Gasteiger partial charge in [-0.1, -0.05) is 42.0 Å². The van der Waals surface area contributed by atoms with Gasteiger partial charge in [0.15, 0.2) is 0 Å². The summed E-state index contributed by atoms with van der Waals surface area (Å²) >= 11 is 0. The van der Waals surface area contributed by atoms with Crippen molar-refractivity contribution in [1.82, 2.24) is 0 Å². The highest BCUT2D eigenvalue weighted by molar-refractivity contribution is 6.06. The lowest BCUT2D eigenvalue weighted by molar-refractivity contribution is 1.36. The minimum absolute atomic E-state index is 0.902. The lowest BCUT2D eigenvalue weighted by Crippen LogP contribution is -2.00. The van der Waals surface area contributed by atoms with Crippen molar-refractivity contribution in [2.45, 2.75) is 26.7 Å². The van der Waals surface area contributed by atoms with Gasteiger partial charge < -0.3 is 0 Å². The van der Waals surface area contributed by atoms with E-state index in [0.29, 0.717) is 0 Å². The number of fused-ring (bicyclic) bond motifs is 2. The number of aliphatic imine (C=N–C) groups is 2. The van der Waals surface area contributed by atoms with Crippen LogP contribution < -0.4 is 0 Å². The summed E-state index contributed by atoms with van der Waals surface area (Å²) in [6, 6.07) is 21.9. The Morgan fingerprint density at radius 1 is 0.615 bits per heavy atom. The molecule has 0 unspecified atom stereocenters. The molecule has 3 aromatic rings. The Bertz CT molecular complexity index is 1090. The van der Waals surface area contributed by atoms with Gasteiger partial charge in [0.1, 0.15) is 0 Å². The molecule has 0 atom stereocenters. The molecule has 2 nitrogen and oxygen atoms in total. The molecule has 26 heavy (non-hydrogen) atoms. The van der Waals surface area contributed by atoms with E-state index in [1.165, 1.54) is 39.1 Å². The van der Waals surface area contributed by atoms with Crippen LogP contribution in [0.1, 0.15) is 29.2 Å². The molecular weight excluding hydrogens is 316 g/mol. The lowest BCUT2D eigenvalue weighted by Gasteiger charge is -2.07. The van der Waals surface area contributed by atoms with Crippen LogP contribution in [0.2, 0.25) is 0 Å². The van der Waals surface area contributed by atoms with E-state index < -0.39 is 0 Å². The van der Waals surface area contributed by atoms with Crippen molar-refractivity contribution in [2.75, 3.05) is 0 Å². The Morgan fingerprint density at radius 3 is 1.88 bits per heavy atom. The van der Waals surface area contributed by atoms with E-state index in [-0.39, 0.29) is 0 Å². The lowest BCUT2D eigenvalue weighted by atomic mass is 9.97. The molecule has 0 saturated heterocycles. The van der Waals surface area contributed by atoms with Gasteiger partial charge in [0.2, 0.25) is 0 Å². The zero-order chi connectivity index (χ0) is 17.7. The normalized spacial score (nSPS) is 14.7. The van der Waals surface area contributed by atoms with E-state index in [4.69, 9.17) is 4.99 Å². The number of benzene rings is 3. The minimum atomic E-state index is 0.902. The van der Waals surface area contributed by atoms with Crippen molar-refractivity contribution in [3.8, 4) is 11.1 Å². The first-order chi connectivity index (χ1) is 12.7. The van der Waals surface area contributed by atoms with Crippen molar-refractivity contribution in [3.63, 3.8) is 0 Å².